The molecule has 1 aromatic rings. The minimum absolute atomic E-state index is 0.195. The fourth-order valence-corrected chi connectivity index (χ4v) is 4.02. The lowest BCUT2D eigenvalue weighted by molar-refractivity contribution is 0.597. The molecule has 1 aliphatic heterocycles. The predicted molar refractivity (Wildman–Crippen MR) is 79.7 cm³/mol. The van der Waals surface area contributed by atoms with E-state index in [0.29, 0.717) is 24.5 Å². The van der Waals surface area contributed by atoms with Crippen molar-refractivity contribution >= 4 is 27.1 Å². The zero-order valence-corrected chi connectivity index (χ0v) is 12.4. The Hall–Kier alpha value is -0.780. The second-order valence-corrected chi connectivity index (χ2v) is 7.49. The average molecular weight is 303 g/mol. The maximum absolute atomic E-state index is 11.7. The highest BCUT2D eigenvalue weighted by Crippen LogP contribution is 2.31. The molecule has 0 amide bonds. The Morgan fingerprint density at radius 3 is 2.79 bits per heavy atom. The van der Waals surface area contributed by atoms with Gasteiger partial charge in [0.15, 0.2) is 9.84 Å². The van der Waals surface area contributed by atoms with Crippen LogP contribution >= 0.6 is 11.6 Å². The van der Waals surface area contributed by atoms with Crippen LogP contribution in [0.2, 0.25) is 5.02 Å². The second-order valence-electron chi connectivity index (χ2n) is 4.78. The van der Waals surface area contributed by atoms with Crippen LogP contribution in [0.4, 0.5) is 5.69 Å². The summed E-state index contributed by atoms with van der Waals surface area (Å²) in [5.74, 6) is 0.459. The van der Waals surface area contributed by atoms with Crippen molar-refractivity contribution in [2.45, 2.75) is 12.8 Å². The average Bonchev–Trinajstić information content (AvgIpc) is 2.51. The molecule has 0 aliphatic carbocycles. The van der Waals surface area contributed by atoms with Gasteiger partial charge in [-0.05, 0) is 31.0 Å². The molecule has 2 rings (SSSR count). The zero-order valence-electron chi connectivity index (χ0n) is 10.8. The summed E-state index contributed by atoms with van der Waals surface area (Å²) in [5, 5.41) is 0.672. The molecule has 2 N–H and O–H groups in total. The molecule has 0 radical (unpaired) electrons. The molecular weight excluding hydrogens is 284 g/mol. The van der Waals surface area contributed by atoms with E-state index < -0.39 is 9.84 Å². The van der Waals surface area contributed by atoms with E-state index in [-0.39, 0.29) is 11.5 Å². The molecular formula is C13H19ClN2O2S. The van der Waals surface area contributed by atoms with E-state index in [4.69, 9.17) is 17.3 Å². The van der Waals surface area contributed by atoms with Crippen molar-refractivity contribution in [2.24, 2.45) is 5.73 Å². The second kappa shape index (κ2) is 6.11. The molecule has 0 atom stereocenters. The third kappa shape index (κ3) is 3.61. The van der Waals surface area contributed by atoms with Gasteiger partial charge in [-0.3, -0.25) is 0 Å². The first-order chi connectivity index (χ1) is 9.03. The zero-order chi connectivity index (χ0) is 13.9. The third-order valence-corrected chi connectivity index (χ3v) is 5.38. The van der Waals surface area contributed by atoms with E-state index in [1.54, 1.807) is 0 Å². The minimum atomic E-state index is -2.91. The summed E-state index contributed by atoms with van der Waals surface area (Å²) in [6, 6.07) is 5.76. The smallest absolute Gasteiger partial charge is 0.152 e. The molecule has 106 valence electrons. The highest BCUT2D eigenvalue weighted by atomic mass is 35.5. The van der Waals surface area contributed by atoms with Crippen LogP contribution in [0.5, 0.6) is 0 Å². The van der Waals surface area contributed by atoms with Crippen molar-refractivity contribution in [2.75, 3.05) is 36.0 Å². The maximum atomic E-state index is 11.7. The molecule has 0 unspecified atom stereocenters. The Labute approximate surface area is 119 Å². The number of halogens is 1. The molecule has 0 aromatic heterocycles. The summed E-state index contributed by atoms with van der Waals surface area (Å²) in [6.07, 6.45) is 1.40. The van der Waals surface area contributed by atoms with Crippen LogP contribution in [0.3, 0.4) is 0 Å². The predicted octanol–water partition coefficient (Wildman–Crippen LogP) is 1.47. The Kier molecular flexibility index (Phi) is 4.71. The van der Waals surface area contributed by atoms with Gasteiger partial charge in [-0.2, -0.15) is 0 Å². The molecule has 0 spiro atoms. The van der Waals surface area contributed by atoms with Crippen molar-refractivity contribution in [3.8, 4) is 0 Å². The van der Waals surface area contributed by atoms with Crippen LogP contribution in [0.25, 0.3) is 0 Å². The number of para-hydroxylation sites is 1. The number of benzene rings is 1. The number of nitrogens with zero attached hydrogens (tertiary/aromatic N) is 1. The maximum Gasteiger partial charge on any atom is 0.152 e. The van der Waals surface area contributed by atoms with E-state index in [2.05, 4.69) is 4.90 Å². The Morgan fingerprint density at radius 2 is 2.05 bits per heavy atom. The standard InChI is InChI=1S/C13H19ClN2O2S/c14-12-4-1-3-11(5-6-15)13(12)16-7-2-9-19(17,18)10-8-16/h1,3-4H,2,5-10,15H2. The van der Waals surface area contributed by atoms with Gasteiger partial charge in [-0.15, -0.1) is 0 Å². The molecule has 1 heterocycles. The number of nitrogens with two attached hydrogens (primary N) is 1. The van der Waals surface area contributed by atoms with E-state index in [9.17, 15) is 8.42 Å². The number of hydrogen-bond acceptors (Lipinski definition) is 4. The van der Waals surface area contributed by atoms with Gasteiger partial charge in [-0.25, -0.2) is 8.42 Å². The Bertz CT molecular complexity index is 546. The van der Waals surface area contributed by atoms with Gasteiger partial charge in [0.25, 0.3) is 0 Å². The summed E-state index contributed by atoms with van der Waals surface area (Å²) < 4.78 is 23.3. The number of rotatable bonds is 3. The molecule has 6 heteroatoms. The summed E-state index contributed by atoms with van der Waals surface area (Å²) >= 11 is 6.29. The van der Waals surface area contributed by atoms with Crippen molar-refractivity contribution in [3.05, 3.63) is 28.8 Å². The van der Waals surface area contributed by atoms with Gasteiger partial charge < -0.3 is 10.6 Å². The first-order valence-corrected chi connectivity index (χ1v) is 8.66. The van der Waals surface area contributed by atoms with E-state index in [1.165, 1.54) is 0 Å². The van der Waals surface area contributed by atoms with Crippen LogP contribution < -0.4 is 10.6 Å². The molecule has 1 fully saturated rings. The number of hydrogen-bond donors (Lipinski definition) is 1. The van der Waals surface area contributed by atoms with Crippen LogP contribution in [-0.4, -0.2) is 39.6 Å². The molecule has 1 aromatic carbocycles. The van der Waals surface area contributed by atoms with Crippen molar-refractivity contribution in [3.63, 3.8) is 0 Å². The first-order valence-electron chi connectivity index (χ1n) is 6.46. The highest BCUT2D eigenvalue weighted by Gasteiger charge is 2.22. The first kappa shape index (κ1) is 14.6. The lowest BCUT2D eigenvalue weighted by Crippen LogP contribution is -2.28. The van der Waals surface area contributed by atoms with Gasteiger partial charge >= 0.3 is 0 Å². The summed E-state index contributed by atoms with van der Waals surface area (Å²) in [4.78, 5) is 2.08. The third-order valence-electron chi connectivity index (χ3n) is 3.36. The van der Waals surface area contributed by atoms with Crippen LogP contribution in [0, 0.1) is 0 Å². The fourth-order valence-electron chi connectivity index (χ4n) is 2.43. The van der Waals surface area contributed by atoms with Crippen molar-refractivity contribution in [1.29, 1.82) is 0 Å². The summed E-state index contributed by atoms with van der Waals surface area (Å²) in [6.45, 7) is 1.78. The molecule has 1 aliphatic rings. The molecule has 1 saturated heterocycles. The lowest BCUT2D eigenvalue weighted by atomic mass is 10.1. The van der Waals surface area contributed by atoms with Crippen LogP contribution in [0.15, 0.2) is 18.2 Å². The van der Waals surface area contributed by atoms with Crippen molar-refractivity contribution in [1.82, 2.24) is 0 Å². The van der Waals surface area contributed by atoms with Gasteiger partial charge in [0.05, 0.1) is 22.2 Å². The topological polar surface area (TPSA) is 63.4 Å². The lowest BCUT2D eigenvalue weighted by Gasteiger charge is -2.26. The Morgan fingerprint density at radius 1 is 1.26 bits per heavy atom. The van der Waals surface area contributed by atoms with Gasteiger partial charge in [0.2, 0.25) is 0 Å². The van der Waals surface area contributed by atoms with Crippen molar-refractivity contribution < 1.29 is 8.42 Å². The summed E-state index contributed by atoms with van der Waals surface area (Å²) in [7, 11) is -2.91. The van der Waals surface area contributed by atoms with Gasteiger partial charge in [-0.1, -0.05) is 23.7 Å². The van der Waals surface area contributed by atoms with Gasteiger partial charge in [0.1, 0.15) is 0 Å². The monoisotopic (exact) mass is 302 g/mol. The number of anilines is 1. The van der Waals surface area contributed by atoms with Gasteiger partial charge in [0, 0.05) is 13.1 Å². The van der Waals surface area contributed by atoms with E-state index >= 15 is 0 Å². The largest absolute Gasteiger partial charge is 0.369 e. The molecule has 0 bridgehead atoms. The quantitative estimate of drug-likeness (QED) is 0.918. The molecule has 4 nitrogen and oxygen atoms in total. The fraction of sp³-hybridized carbons (Fsp3) is 0.538. The molecule has 19 heavy (non-hydrogen) atoms. The molecule has 0 saturated carbocycles. The van der Waals surface area contributed by atoms with E-state index in [0.717, 1.165) is 24.2 Å². The number of sulfone groups is 1. The Balaban J connectivity index is 2.30. The summed E-state index contributed by atoms with van der Waals surface area (Å²) in [5.41, 5.74) is 7.67. The minimum Gasteiger partial charge on any atom is -0.369 e. The van der Waals surface area contributed by atoms with E-state index in [1.807, 2.05) is 18.2 Å². The van der Waals surface area contributed by atoms with Crippen LogP contribution in [-0.2, 0) is 16.3 Å². The highest BCUT2D eigenvalue weighted by molar-refractivity contribution is 7.91. The SMILES string of the molecule is NCCc1cccc(Cl)c1N1CCCS(=O)(=O)CC1. The normalized spacial score (nSPS) is 19.2. The van der Waals surface area contributed by atoms with Crippen LogP contribution in [0.1, 0.15) is 12.0 Å².